The lowest BCUT2D eigenvalue weighted by Gasteiger charge is -2.16. The minimum atomic E-state index is 0.233. The van der Waals surface area contributed by atoms with E-state index in [0.29, 0.717) is 0 Å². The van der Waals surface area contributed by atoms with E-state index in [2.05, 4.69) is 39.1 Å². The molecular weight excluding hydrogens is 208 g/mol. The summed E-state index contributed by atoms with van der Waals surface area (Å²) in [6.07, 6.45) is 1.09. The van der Waals surface area contributed by atoms with Gasteiger partial charge in [-0.2, -0.15) is 0 Å². The molecule has 2 nitrogen and oxygen atoms in total. The molecule has 0 radical (unpaired) electrons. The third-order valence-electron chi connectivity index (χ3n) is 3.54. The Labute approximate surface area is 106 Å². The van der Waals surface area contributed by atoms with Crippen molar-refractivity contribution in [2.45, 2.75) is 47.1 Å². The fourth-order valence-corrected chi connectivity index (χ4v) is 2.22. The minimum Gasteiger partial charge on any atom is -0.327 e. The average molecular weight is 234 g/mol. The maximum absolute atomic E-state index is 5.72. The number of aryl methyl sites for hydroxylation is 2. The van der Waals surface area contributed by atoms with E-state index in [4.69, 9.17) is 5.73 Å². The van der Waals surface area contributed by atoms with Crippen LogP contribution in [0.4, 0.5) is 0 Å². The van der Waals surface area contributed by atoms with Gasteiger partial charge in [-0.3, -0.25) is 0 Å². The molecule has 0 saturated heterocycles. The lowest BCUT2D eigenvalue weighted by molar-refractivity contribution is 0.607. The molecule has 0 aliphatic heterocycles. The Kier molecular flexibility index (Phi) is 5.16. The van der Waals surface area contributed by atoms with Crippen LogP contribution in [0.3, 0.4) is 0 Å². The van der Waals surface area contributed by atoms with Crippen LogP contribution in [0.2, 0.25) is 0 Å². The summed E-state index contributed by atoms with van der Waals surface area (Å²) in [4.78, 5) is 0. The van der Waals surface area contributed by atoms with Gasteiger partial charge in [0.15, 0.2) is 0 Å². The molecule has 1 aromatic rings. The van der Waals surface area contributed by atoms with Gasteiger partial charge in [-0.1, -0.05) is 6.07 Å². The highest BCUT2D eigenvalue weighted by molar-refractivity contribution is 5.44. The molecule has 0 fully saturated rings. The molecule has 0 aliphatic carbocycles. The topological polar surface area (TPSA) is 38.0 Å². The molecule has 0 heterocycles. The highest BCUT2D eigenvalue weighted by Crippen LogP contribution is 2.21. The number of hydrogen-bond donors (Lipinski definition) is 2. The van der Waals surface area contributed by atoms with Crippen molar-refractivity contribution < 1.29 is 0 Å². The molecule has 1 aromatic carbocycles. The first-order valence-electron chi connectivity index (χ1n) is 6.46. The summed E-state index contributed by atoms with van der Waals surface area (Å²) in [5.74, 6) is 0. The van der Waals surface area contributed by atoms with E-state index in [1.165, 1.54) is 27.8 Å². The second-order valence-corrected chi connectivity index (χ2v) is 5.17. The quantitative estimate of drug-likeness (QED) is 0.768. The van der Waals surface area contributed by atoms with E-state index in [0.717, 1.165) is 19.5 Å². The van der Waals surface area contributed by atoms with Gasteiger partial charge >= 0.3 is 0 Å². The minimum absolute atomic E-state index is 0.233. The van der Waals surface area contributed by atoms with Crippen LogP contribution in [0.25, 0.3) is 0 Å². The number of rotatable bonds is 5. The SMILES string of the molecule is Cc1cc(C)c(C)c(CCNCC(C)N)c1C. The van der Waals surface area contributed by atoms with E-state index >= 15 is 0 Å². The average Bonchev–Trinajstić information content (AvgIpc) is 2.25. The van der Waals surface area contributed by atoms with Gasteiger partial charge in [0, 0.05) is 12.6 Å². The molecule has 0 spiro atoms. The Balaban J connectivity index is 2.70. The number of nitrogens with two attached hydrogens (primary N) is 1. The fraction of sp³-hybridized carbons (Fsp3) is 0.600. The molecule has 0 aliphatic rings. The maximum atomic E-state index is 5.72. The second kappa shape index (κ2) is 6.18. The summed E-state index contributed by atoms with van der Waals surface area (Å²) < 4.78 is 0. The summed E-state index contributed by atoms with van der Waals surface area (Å²) in [5.41, 5.74) is 12.9. The molecule has 0 bridgehead atoms. The third-order valence-corrected chi connectivity index (χ3v) is 3.54. The van der Waals surface area contributed by atoms with Gasteiger partial charge in [-0.25, -0.2) is 0 Å². The first-order valence-corrected chi connectivity index (χ1v) is 6.46. The Morgan fingerprint density at radius 1 is 1.12 bits per heavy atom. The van der Waals surface area contributed by atoms with Crippen LogP contribution in [0.5, 0.6) is 0 Å². The van der Waals surface area contributed by atoms with E-state index in [-0.39, 0.29) is 6.04 Å². The second-order valence-electron chi connectivity index (χ2n) is 5.17. The van der Waals surface area contributed by atoms with Crippen molar-refractivity contribution in [1.29, 1.82) is 0 Å². The summed E-state index contributed by atoms with van der Waals surface area (Å²) in [6, 6.07) is 2.51. The van der Waals surface area contributed by atoms with Gasteiger partial charge in [0.1, 0.15) is 0 Å². The molecule has 1 atom stereocenters. The van der Waals surface area contributed by atoms with Crippen LogP contribution >= 0.6 is 0 Å². The zero-order chi connectivity index (χ0) is 13.0. The predicted octanol–water partition coefficient (Wildman–Crippen LogP) is 2.40. The highest BCUT2D eigenvalue weighted by Gasteiger charge is 2.07. The summed E-state index contributed by atoms with van der Waals surface area (Å²) in [7, 11) is 0. The lowest BCUT2D eigenvalue weighted by atomic mass is 9.92. The predicted molar refractivity (Wildman–Crippen MR) is 75.6 cm³/mol. The van der Waals surface area contributed by atoms with Crippen molar-refractivity contribution >= 4 is 0 Å². The van der Waals surface area contributed by atoms with Gasteiger partial charge < -0.3 is 11.1 Å². The number of nitrogens with one attached hydrogen (secondary N) is 1. The highest BCUT2D eigenvalue weighted by atomic mass is 14.9. The smallest absolute Gasteiger partial charge is 0.0136 e. The van der Waals surface area contributed by atoms with Crippen LogP contribution in [0.1, 0.15) is 34.7 Å². The summed E-state index contributed by atoms with van der Waals surface area (Å²) in [5, 5.41) is 3.40. The van der Waals surface area contributed by atoms with Crippen molar-refractivity contribution in [2.75, 3.05) is 13.1 Å². The van der Waals surface area contributed by atoms with Crippen LogP contribution in [0, 0.1) is 27.7 Å². The molecule has 3 N–H and O–H groups in total. The summed E-state index contributed by atoms with van der Waals surface area (Å²) in [6.45, 7) is 12.8. The summed E-state index contributed by atoms with van der Waals surface area (Å²) >= 11 is 0. The normalized spacial score (nSPS) is 12.8. The Bertz CT molecular complexity index is 355. The van der Waals surface area contributed by atoms with Crippen molar-refractivity contribution in [3.05, 3.63) is 33.9 Å². The molecule has 17 heavy (non-hydrogen) atoms. The van der Waals surface area contributed by atoms with Crippen LogP contribution in [0.15, 0.2) is 6.07 Å². The molecule has 0 saturated carbocycles. The first-order chi connectivity index (χ1) is 7.93. The van der Waals surface area contributed by atoms with Crippen LogP contribution in [-0.2, 0) is 6.42 Å². The molecule has 0 amide bonds. The Morgan fingerprint density at radius 3 is 2.12 bits per heavy atom. The first kappa shape index (κ1) is 14.2. The van der Waals surface area contributed by atoms with Crippen molar-refractivity contribution in [2.24, 2.45) is 5.73 Å². The number of hydrogen-bond acceptors (Lipinski definition) is 2. The Hall–Kier alpha value is -0.860. The largest absolute Gasteiger partial charge is 0.327 e. The van der Waals surface area contributed by atoms with Gasteiger partial charge in [0.2, 0.25) is 0 Å². The third kappa shape index (κ3) is 3.83. The van der Waals surface area contributed by atoms with Gasteiger partial charge in [-0.15, -0.1) is 0 Å². The standard InChI is InChI=1S/C15H26N2/c1-10-8-11(2)14(5)15(13(10)4)6-7-17-9-12(3)16/h8,12,17H,6-7,9,16H2,1-5H3. The van der Waals surface area contributed by atoms with E-state index in [1.54, 1.807) is 0 Å². The molecule has 2 heteroatoms. The van der Waals surface area contributed by atoms with E-state index in [9.17, 15) is 0 Å². The maximum Gasteiger partial charge on any atom is 0.0136 e. The molecule has 1 rings (SSSR count). The van der Waals surface area contributed by atoms with Crippen molar-refractivity contribution in [1.82, 2.24) is 5.32 Å². The lowest BCUT2D eigenvalue weighted by Crippen LogP contribution is -2.32. The molecule has 0 aromatic heterocycles. The van der Waals surface area contributed by atoms with Crippen LogP contribution in [-0.4, -0.2) is 19.1 Å². The van der Waals surface area contributed by atoms with Gasteiger partial charge in [-0.05, 0) is 75.4 Å². The van der Waals surface area contributed by atoms with E-state index in [1.807, 2.05) is 6.92 Å². The van der Waals surface area contributed by atoms with Gasteiger partial charge in [0.05, 0.1) is 0 Å². The fourth-order valence-electron chi connectivity index (χ4n) is 2.22. The zero-order valence-electron chi connectivity index (χ0n) is 11.9. The molecule has 96 valence electrons. The van der Waals surface area contributed by atoms with E-state index < -0.39 is 0 Å². The van der Waals surface area contributed by atoms with Gasteiger partial charge in [0.25, 0.3) is 0 Å². The van der Waals surface area contributed by atoms with Crippen LogP contribution < -0.4 is 11.1 Å². The monoisotopic (exact) mass is 234 g/mol. The molecular formula is C15H26N2. The zero-order valence-corrected chi connectivity index (χ0v) is 11.9. The van der Waals surface area contributed by atoms with Crippen molar-refractivity contribution in [3.63, 3.8) is 0 Å². The molecule has 1 unspecified atom stereocenters. The van der Waals surface area contributed by atoms with Crippen molar-refractivity contribution in [3.8, 4) is 0 Å². The Morgan fingerprint density at radius 2 is 1.65 bits per heavy atom. The number of benzene rings is 1.